The lowest BCUT2D eigenvalue weighted by Crippen LogP contribution is -2.54. The van der Waals surface area contributed by atoms with Crippen molar-refractivity contribution in [3.8, 4) is 0 Å². The summed E-state index contributed by atoms with van der Waals surface area (Å²) in [5.41, 5.74) is 0.454. The predicted octanol–water partition coefficient (Wildman–Crippen LogP) is 3.54. The number of rotatable bonds is 0. The van der Waals surface area contributed by atoms with Crippen molar-refractivity contribution in [2.45, 2.75) is 58.9 Å². The minimum absolute atomic E-state index is 0.454. The van der Waals surface area contributed by atoms with Crippen molar-refractivity contribution in [3.05, 3.63) is 0 Å². The first-order valence-electron chi connectivity index (χ1n) is 6.70. The van der Waals surface area contributed by atoms with Crippen molar-refractivity contribution in [2.24, 2.45) is 17.3 Å². The highest BCUT2D eigenvalue weighted by Crippen LogP contribution is 2.44. The van der Waals surface area contributed by atoms with Gasteiger partial charge in [0.15, 0.2) is 0 Å². The van der Waals surface area contributed by atoms with E-state index in [9.17, 15) is 0 Å². The Morgan fingerprint density at radius 1 is 1.00 bits per heavy atom. The lowest BCUT2D eigenvalue weighted by molar-refractivity contribution is -0.0173. The fourth-order valence-corrected chi connectivity index (χ4v) is 4.15. The minimum Gasteiger partial charge on any atom is -0.303 e. The van der Waals surface area contributed by atoms with E-state index in [1.54, 1.807) is 0 Å². The van der Waals surface area contributed by atoms with Crippen LogP contribution >= 0.6 is 0 Å². The highest BCUT2D eigenvalue weighted by atomic mass is 15.2. The largest absolute Gasteiger partial charge is 0.303 e. The van der Waals surface area contributed by atoms with Crippen LogP contribution in [0.5, 0.6) is 0 Å². The van der Waals surface area contributed by atoms with Gasteiger partial charge in [0, 0.05) is 6.04 Å². The third-order valence-electron chi connectivity index (χ3n) is 4.59. The predicted molar refractivity (Wildman–Crippen MR) is 65.9 cm³/mol. The molecule has 0 aromatic carbocycles. The van der Waals surface area contributed by atoms with Crippen LogP contribution < -0.4 is 0 Å². The highest BCUT2D eigenvalue weighted by molar-refractivity contribution is 4.95. The van der Waals surface area contributed by atoms with E-state index < -0.39 is 0 Å². The van der Waals surface area contributed by atoms with Gasteiger partial charge < -0.3 is 4.90 Å². The van der Waals surface area contributed by atoms with E-state index in [4.69, 9.17) is 0 Å². The van der Waals surface area contributed by atoms with Gasteiger partial charge >= 0.3 is 0 Å². The molecule has 0 radical (unpaired) electrons. The van der Waals surface area contributed by atoms with Crippen LogP contribution in [-0.2, 0) is 0 Å². The van der Waals surface area contributed by atoms with Crippen LogP contribution in [0.4, 0.5) is 0 Å². The van der Waals surface area contributed by atoms with Gasteiger partial charge in [-0.2, -0.15) is 0 Å². The van der Waals surface area contributed by atoms with Crippen LogP contribution in [0.3, 0.4) is 0 Å². The maximum Gasteiger partial charge on any atom is 0.0172 e. The Labute approximate surface area is 95.2 Å². The number of piperidine rings is 1. The van der Waals surface area contributed by atoms with E-state index in [2.05, 4.69) is 32.7 Å². The molecule has 1 heteroatoms. The second-order valence-corrected chi connectivity index (χ2v) is 6.79. The summed E-state index contributed by atoms with van der Waals surface area (Å²) in [6, 6.07) is 0.816. The smallest absolute Gasteiger partial charge is 0.0172 e. The number of nitrogens with zero attached hydrogens (tertiary/aromatic N) is 1. The fraction of sp³-hybridized carbons (Fsp3) is 1.00. The molecule has 1 saturated heterocycles. The molecule has 0 amide bonds. The molecule has 3 unspecified atom stereocenters. The van der Waals surface area contributed by atoms with Crippen LogP contribution in [0, 0.1) is 17.3 Å². The summed E-state index contributed by atoms with van der Waals surface area (Å²) < 4.78 is 0. The Balaban J connectivity index is 2.16. The topological polar surface area (TPSA) is 3.24 Å². The molecule has 0 bridgehead atoms. The molecule has 3 atom stereocenters. The molecule has 1 heterocycles. The molecule has 2 fully saturated rings. The number of likely N-dealkylation sites (tertiary alicyclic amines) is 1. The Morgan fingerprint density at radius 2 is 1.67 bits per heavy atom. The van der Waals surface area contributed by atoms with Gasteiger partial charge in [-0.05, 0) is 43.7 Å². The quantitative estimate of drug-likeness (QED) is 0.590. The van der Waals surface area contributed by atoms with Gasteiger partial charge in [-0.1, -0.05) is 40.0 Å². The summed E-state index contributed by atoms with van der Waals surface area (Å²) in [4.78, 5) is 2.63. The molecule has 0 N–H and O–H groups in total. The van der Waals surface area contributed by atoms with Crippen LogP contribution in [0.1, 0.15) is 52.9 Å². The molecule has 0 aromatic rings. The summed E-state index contributed by atoms with van der Waals surface area (Å²) >= 11 is 0. The maximum absolute atomic E-state index is 2.63. The van der Waals surface area contributed by atoms with Crippen molar-refractivity contribution < 1.29 is 0 Å². The Hall–Kier alpha value is -0.0400. The SMILES string of the molecule is CN1CCC2CCCCC2C1C(C)(C)C. The first-order valence-corrected chi connectivity index (χ1v) is 6.70. The summed E-state index contributed by atoms with van der Waals surface area (Å²) in [6.07, 6.45) is 7.40. The zero-order chi connectivity index (χ0) is 11.1. The van der Waals surface area contributed by atoms with Crippen molar-refractivity contribution >= 4 is 0 Å². The van der Waals surface area contributed by atoms with Gasteiger partial charge in [-0.3, -0.25) is 0 Å². The third-order valence-corrected chi connectivity index (χ3v) is 4.59. The fourth-order valence-electron chi connectivity index (χ4n) is 4.15. The standard InChI is InChI=1S/C14H27N/c1-14(2,3)13-12-8-6-5-7-11(12)9-10-15(13)4/h11-13H,5-10H2,1-4H3. The van der Waals surface area contributed by atoms with Crippen molar-refractivity contribution in [1.29, 1.82) is 0 Å². The van der Waals surface area contributed by atoms with Crippen molar-refractivity contribution in [1.82, 2.24) is 4.90 Å². The Morgan fingerprint density at radius 3 is 2.33 bits per heavy atom. The molecule has 1 saturated carbocycles. The van der Waals surface area contributed by atoms with E-state index in [0.29, 0.717) is 5.41 Å². The number of hydrogen-bond donors (Lipinski definition) is 0. The molecule has 15 heavy (non-hydrogen) atoms. The molecular weight excluding hydrogens is 182 g/mol. The average Bonchev–Trinajstić information content (AvgIpc) is 2.15. The minimum atomic E-state index is 0.454. The van der Waals surface area contributed by atoms with Crippen molar-refractivity contribution in [2.75, 3.05) is 13.6 Å². The van der Waals surface area contributed by atoms with E-state index >= 15 is 0 Å². The van der Waals surface area contributed by atoms with E-state index in [0.717, 1.165) is 17.9 Å². The molecular formula is C14H27N. The lowest BCUT2D eigenvalue weighted by atomic mass is 9.64. The first kappa shape index (κ1) is 11.4. The van der Waals surface area contributed by atoms with E-state index in [1.807, 2.05) is 0 Å². The monoisotopic (exact) mass is 209 g/mol. The van der Waals surface area contributed by atoms with Gasteiger partial charge in [-0.15, -0.1) is 0 Å². The van der Waals surface area contributed by atoms with E-state index in [1.165, 1.54) is 38.6 Å². The molecule has 1 aliphatic heterocycles. The molecule has 88 valence electrons. The van der Waals surface area contributed by atoms with E-state index in [-0.39, 0.29) is 0 Å². The summed E-state index contributed by atoms with van der Waals surface area (Å²) in [5.74, 6) is 2.02. The average molecular weight is 209 g/mol. The number of fused-ring (bicyclic) bond motifs is 1. The zero-order valence-corrected chi connectivity index (χ0v) is 10.9. The van der Waals surface area contributed by atoms with Crippen LogP contribution in [0.25, 0.3) is 0 Å². The zero-order valence-electron chi connectivity index (χ0n) is 10.9. The van der Waals surface area contributed by atoms with Crippen molar-refractivity contribution in [3.63, 3.8) is 0 Å². The molecule has 1 nitrogen and oxygen atoms in total. The highest BCUT2D eigenvalue weighted by Gasteiger charge is 2.42. The molecule has 0 spiro atoms. The first-order chi connectivity index (χ1) is 7.00. The molecule has 2 aliphatic rings. The molecule has 1 aliphatic carbocycles. The summed E-state index contributed by atoms with van der Waals surface area (Å²) in [7, 11) is 2.33. The second-order valence-electron chi connectivity index (χ2n) is 6.79. The second kappa shape index (κ2) is 4.08. The van der Waals surface area contributed by atoms with Crippen LogP contribution in [-0.4, -0.2) is 24.5 Å². The molecule has 0 aromatic heterocycles. The third kappa shape index (κ3) is 2.22. The molecule has 2 rings (SSSR count). The van der Waals surface area contributed by atoms with Gasteiger partial charge in [0.1, 0.15) is 0 Å². The van der Waals surface area contributed by atoms with Gasteiger partial charge in [0.25, 0.3) is 0 Å². The number of hydrogen-bond acceptors (Lipinski definition) is 1. The van der Waals surface area contributed by atoms with Gasteiger partial charge in [-0.25, -0.2) is 0 Å². The summed E-state index contributed by atoms with van der Waals surface area (Å²) in [6.45, 7) is 8.59. The Bertz CT molecular complexity index is 216. The Kier molecular flexibility index (Phi) is 3.12. The van der Waals surface area contributed by atoms with Gasteiger partial charge in [0.2, 0.25) is 0 Å². The normalized spacial score (nSPS) is 38.8. The lowest BCUT2D eigenvalue weighted by Gasteiger charge is -2.51. The maximum atomic E-state index is 2.63. The van der Waals surface area contributed by atoms with Gasteiger partial charge in [0.05, 0.1) is 0 Å². The summed E-state index contributed by atoms with van der Waals surface area (Å²) in [5, 5.41) is 0. The van der Waals surface area contributed by atoms with Crippen LogP contribution in [0.15, 0.2) is 0 Å². The van der Waals surface area contributed by atoms with Crippen LogP contribution in [0.2, 0.25) is 0 Å².